The fourth-order valence-corrected chi connectivity index (χ4v) is 3.11. The summed E-state index contributed by atoms with van der Waals surface area (Å²) < 4.78 is 1.01. The van der Waals surface area contributed by atoms with Gasteiger partial charge in [-0.3, -0.25) is 0 Å². The minimum Gasteiger partial charge on any atom is -0.508 e. The molecule has 0 amide bonds. The Morgan fingerprint density at radius 3 is 2.56 bits per heavy atom. The highest BCUT2D eigenvalue weighted by Gasteiger charge is 2.34. The second-order valence-electron chi connectivity index (χ2n) is 4.71. The first kappa shape index (κ1) is 11.9. The topological polar surface area (TPSA) is 46.2 Å². The Labute approximate surface area is 105 Å². The van der Waals surface area contributed by atoms with E-state index < -0.39 is 0 Å². The molecule has 3 N–H and O–H groups in total. The Balaban J connectivity index is 2.42. The van der Waals surface area contributed by atoms with Gasteiger partial charge < -0.3 is 10.8 Å². The standard InChI is InChI=1S/C13H18BrNO/c14-10-4-5-12(16)11(8-10)13(9-15)6-2-1-3-7-13/h4-5,8,16H,1-3,6-7,9,15H2. The number of halogens is 1. The molecular formula is C13H18BrNO. The average molecular weight is 284 g/mol. The molecule has 0 unspecified atom stereocenters. The molecule has 1 aromatic carbocycles. The normalized spacial score (nSPS) is 19.6. The summed E-state index contributed by atoms with van der Waals surface area (Å²) in [4.78, 5) is 0. The van der Waals surface area contributed by atoms with Crippen LogP contribution in [0, 0.1) is 0 Å². The van der Waals surface area contributed by atoms with Crippen molar-refractivity contribution in [2.24, 2.45) is 5.73 Å². The summed E-state index contributed by atoms with van der Waals surface area (Å²) in [6, 6.07) is 5.64. The lowest BCUT2D eigenvalue weighted by atomic mass is 9.69. The van der Waals surface area contributed by atoms with Gasteiger partial charge >= 0.3 is 0 Å². The summed E-state index contributed by atoms with van der Waals surface area (Å²) in [5.41, 5.74) is 6.97. The zero-order valence-electron chi connectivity index (χ0n) is 9.38. The van der Waals surface area contributed by atoms with E-state index in [2.05, 4.69) is 15.9 Å². The van der Waals surface area contributed by atoms with Gasteiger partial charge in [-0.25, -0.2) is 0 Å². The lowest BCUT2D eigenvalue weighted by molar-refractivity contribution is 0.291. The zero-order valence-corrected chi connectivity index (χ0v) is 11.0. The van der Waals surface area contributed by atoms with Crippen LogP contribution in [-0.2, 0) is 5.41 Å². The van der Waals surface area contributed by atoms with Crippen molar-refractivity contribution in [3.05, 3.63) is 28.2 Å². The van der Waals surface area contributed by atoms with Crippen molar-refractivity contribution in [2.75, 3.05) is 6.54 Å². The molecule has 3 heteroatoms. The molecule has 1 aliphatic rings. The molecule has 0 heterocycles. The molecule has 2 rings (SSSR count). The Morgan fingerprint density at radius 1 is 1.25 bits per heavy atom. The first-order chi connectivity index (χ1) is 7.68. The van der Waals surface area contributed by atoms with Crippen molar-refractivity contribution >= 4 is 15.9 Å². The van der Waals surface area contributed by atoms with E-state index in [4.69, 9.17) is 5.73 Å². The lowest BCUT2D eigenvalue weighted by Gasteiger charge is -2.37. The summed E-state index contributed by atoms with van der Waals surface area (Å²) in [6.07, 6.45) is 5.89. The van der Waals surface area contributed by atoms with Gasteiger partial charge in [0, 0.05) is 22.0 Å². The Kier molecular flexibility index (Phi) is 3.55. The third-order valence-electron chi connectivity index (χ3n) is 3.73. The number of phenols is 1. The maximum absolute atomic E-state index is 10.0. The van der Waals surface area contributed by atoms with Crippen LogP contribution in [0.25, 0.3) is 0 Å². The molecule has 88 valence electrons. The molecular weight excluding hydrogens is 266 g/mol. The van der Waals surface area contributed by atoms with E-state index in [1.54, 1.807) is 6.07 Å². The zero-order chi connectivity index (χ0) is 11.6. The van der Waals surface area contributed by atoms with E-state index in [0.29, 0.717) is 12.3 Å². The van der Waals surface area contributed by atoms with Crippen molar-refractivity contribution in [2.45, 2.75) is 37.5 Å². The quantitative estimate of drug-likeness (QED) is 0.875. The highest BCUT2D eigenvalue weighted by Crippen LogP contribution is 2.43. The van der Waals surface area contributed by atoms with Crippen LogP contribution < -0.4 is 5.73 Å². The van der Waals surface area contributed by atoms with Gasteiger partial charge in [-0.2, -0.15) is 0 Å². The molecule has 16 heavy (non-hydrogen) atoms. The summed E-state index contributed by atoms with van der Waals surface area (Å²) in [6.45, 7) is 0.622. The molecule has 2 nitrogen and oxygen atoms in total. The van der Waals surface area contributed by atoms with E-state index in [0.717, 1.165) is 22.9 Å². The average Bonchev–Trinajstić information content (AvgIpc) is 2.33. The Bertz CT molecular complexity index is 372. The van der Waals surface area contributed by atoms with E-state index in [1.807, 2.05) is 12.1 Å². The van der Waals surface area contributed by atoms with Crippen LogP contribution >= 0.6 is 15.9 Å². The summed E-state index contributed by atoms with van der Waals surface area (Å²) in [5.74, 6) is 0.385. The molecule has 0 bridgehead atoms. The minimum atomic E-state index is -0.00782. The van der Waals surface area contributed by atoms with Gasteiger partial charge in [-0.1, -0.05) is 35.2 Å². The van der Waals surface area contributed by atoms with E-state index in [-0.39, 0.29) is 5.41 Å². The molecule has 1 fully saturated rings. The van der Waals surface area contributed by atoms with Crippen molar-refractivity contribution in [1.29, 1.82) is 0 Å². The summed E-state index contributed by atoms with van der Waals surface area (Å²) >= 11 is 3.46. The van der Waals surface area contributed by atoms with Gasteiger partial charge in [0.05, 0.1) is 0 Å². The van der Waals surface area contributed by atoms with Gasteiger partial charge in [0.1, 0.15) is 5.75 Å². The summed E-state index contributed by atoms with van der Waals surface area (Å²) in [5, 5.41) is 10.0. The fourth-order valence-electron chi connectivity index (χ4n) is 2.75. The van der Waals surface area contributed by atoms with Crippen molar-refractivity contribution in [3.63, 3.8) is 0 Å². The molecule has 0 radical (unpaired) electrons. The van der Waals surface area contributed by atoms with E-state index in [1.165, 1.54) is 19.3 Å². The van der Waals surface area contributed by atoms with Crippen LogP contribution in [0.4, 0.5) is 0 Å². The number of hydrogen-bond acceptors (Lipinski definition) is 2. The number of hydrogen-bond donors (Lipinski definition) is 2. The number of aromatic hydroxyl groups is 1. The fraction of sp³-hybridized carbons (Fsp3) is 0.538. The molecule has 0 atom stereocenters. The second-order valence-corrected chi connectivity index (χ2v) is 5.62. The van der Waals surface area contributed by atoms with Crippen molar-refractivity contribution in [1.82, 2.24) is 0 Å². The molecule has 0 aromatic heterocycles. The molecule has 0 saturated heterocycles. The van der Waals surface area contributed by atoms with Gasteiger partial charge in [-0.15, -0.1) is 0 Å². The van der Waals surface area contributed by atoms with Crippen molar-refractivity contribution in [3.8, 4) is 5.75 Å². The summed E-state index contributed by atoms with van der Waals surface area (Å²) in [7, 11) is 0. The first-order valence-corrected chi connectivity index (χ1v) is 6.66. The molecule has 1 saturated carbocycles. The highest BCUT2D eigenvalue weighted by molar-refractivity contribution is 9.10. The SMILES string of the molecule is NCC1(c2cc(Br)ccc2O)CCCCC1. The van der Waals surface area contributed by atoms with Gasteiger partial charge in [0.2, 0.25) is 0 Å². The third kappa shape index (κ3) is 2.11. The van der Waals surface area contributed by atoms with Gasteiger partial charge in [-0.05, 0) is 31.0 Å². The van der Waals surface area contributed by atoms with Gasteiger partial charge in [0.15, 0.2) is 0 Å². The van der Waals surface area contributed by atoms with E-state index >= 15 is 0 Å². The van der Waals surface area contributed by atoms with Crippen LogP contribution in [0.1, 0.15) is 37.7 Å². The Morgan fingerprint density at radius 2 is 1.94 bits per heavy atom. The molecule has 0 aliphatic heterocycles. The van der Waals surface area contributed by atoms with Gasteiger partial charge in [0.25, 0.3) is 0 Å². The van der Waals surface area contributed by atoms with Crippen LogP contribution in [0.5, 0.6) is 5.75 Å². The number of nitrogens with two attached hydrogens (primary N) is 1. The highest BCUT2D eigenvalue weighted by atomic mass is 79.9. The molecule has 0 spiro atoms. The molecule has 1 aliphatic carbocycles. The predicted octanol–water partition coefficient (Wildman–Crippen LogP) is 3.32. The second kappa shape index (κ2) is 4.76. The van der Waals surface area contributed by atoms with Crippen LogP contribution in [0.15, 0.2) is 22.7 Å². The maximum Gasteiger partial charge on any atom is 0.119 e. The maximum atomic E-state index is 10.0. The predicted molar refractivity (Wildman–Crippen MR) is 69.6 cm³/mol. The van der Waals surface area contributed by atoms with Crippen LogP contribution in [-0.4, -0.2) is 11.7 Å². The lowest BCUT2D eigenvalue weighted by Crippen LogP contribution is -2.37. The molecule has 1 aromatic rings. The minimum absolute atomic E-state index is 0.00782. The monoisotopic (exact) mass is 283 g/mol. The van der Waals surface area contributed by atoms with Crippen LogP contribution in [0.2, 0.25) is 0 Å². The largest absolute Gasteiger partial charge is 0.508 e. The number of benzene rings is 1. The Hall–Kier alpha value is -0.540. The van der Waals surface area contributed by atoms with Crippen LogP contribution in [0.3, 0.4) is 0 Å². The third-order valence-corrected chi connectivity index (χ3v) is 4.22. The first-order valence-electron chi connectivity index (χ1n) is 5.87. The number of phenolic OH excluding ortho intramolecular Hbond substituents is 1. The van der Waals surface area contributed by atoms with E-state index in [9.17, 15) is 5.11 Å². The van der Waals surface area contributed by atoms with Crippen molar-refractivity contribution < 1.29 is 5.11 Å². The smallest absolute Gasteiger partial charge is 0.119 e. The number of rotatable bonds is 2.